The van der Waals surface area contributed by atoms with Gasteiger partial charge < -0.3 is 14.8 Å². The first kappa shape index (κ1) is 13.6. The second-order valence-corrected chi connectivity index (χ2v) is 5.95. The molecule has 0 amide bonds. The van der Waals surface area contributed by atoms with E-state index in [9.17, 15) is 0 Å². The highest BCUT2D eigenvalue weighted by Crippen LogP contribution is 2.49. The molecule has 1 saturated heterocycles. The fourth-order valence-electron chi connectivity index (χ4n) is 3.68. The molecule has 0 saturated carbocycles. The normalized spacial score (nSPS) is 26.5. The van der Waals surface area contributed by atoms with Crippen molar-refractivity contribution >= 4 is 5.69 Å². The predicted molar refractivity (Wildman–Crippen MR) is 85.0 cm³/mol. The van der Waals surface area contributed by atoms with Crippen molar-refractivity contribution in [3.05, 3.63) is 53.9 Å². The molecule has 22 heavy (non-hydrogen) atoms. The van der Waals surface area contributed by atoms with Gasteiger partial charge >= 0.3 is 0 Å². The lowest BCUT2D eigenvalue weighted by Crippen LogP contribution is -2.36. The van der Waals surface area contributed by atoms with Crippen LogP contribution < -0.4 is 10.1 Å². The highest BCUT2D eigenvalue weighted by Gasteiger charge is 2.39. The van der Waals surface area contributed by atoms with Gasteiger partial charge in [-0.3, -0.25) is 4.98 Å². The summed E-state index contributed by atoms with van der Waals surface area (Å²) in [5, 5.41) is 3.70. The van der Waals surface area contributed by atoms with Crippen molar-refractivity contribution in [2.45, 2.75) is 25.0 Å². The van der Waals surface area contributed by atoms with Crippen molar-refractivity contribution in [2.24, 2.45) is 5.92 Å². The highest BCUT2D eigenvalue weighted by atomic mass is 16.5. The van der Waals surface area contributed by atoms with Gasteiger partial charge in [-0.1, -0.05) is 0 Å². The van der Waals surface area contributed by atoms with Crippen LogP contribution in [-0.4, -0.2) is 18.7 Å². The third-order valence-electron chi connectivity index (χ3n) is 4.74. The molecule has 1 N–H and O–H groups in total. The van der Waals surface area contributed by atoms with Crippen LogP contribution >= 0.6 is 0 Å². The zero-order valence-corrected chi connectivity index (χ0v) is 12.7. The smallest absolute Gasteiger partial charge is 0.119 e. The van der Waals surface area contributed by atoms with Crippen LogP contribution in [0.2, 0.25) is 0 Å². The molecule has 1 aromatic carbocycles. The second-order valence-electron chi connectivity index (χ2n) is 5.95. The lowest BCUT2D eigenvalue weighted by atomic mass is 9.77. The summed E-state index contributed by atoms with van der Waals surface area (Å²) in [6, 6.07) is 10.7. The zero-order chi connectivity index (χ0) is 14.9. The van der Waals surface area contributed by atoms with Gasteiger partial charge in [0.1, 0.15) is 5.75 Å². The molecule has 3 atom stereocenters. The number of methoxy groups -OCH3 is 1. The van der Waals surface area contributed by atoms with Crippen LogP contribution in [0.5, 0.6) is 5.75 Å². The topological polar surface area (TPSA) is 43.4 Å². The first-order chi connectivity index (χ1) is 10.9. The zero-order valence-electron chi connectivity index (χ0n) is 12.7. The molecular weight excluding hydrogens is 276 g/mol. The fraction of sp³-hybridized carbons (Fsp3) is 0.389. The van der Waals surface area contributed by atoms with Gasteiger partial charge in [0.25, 0.3) is 0 Å². The SMILES string of the molecule is COc1ccc2c(c1)[C@@H]1OCCC[C@H]1[C@H](c1ccncc1)N2. The number of nitrogens with zero attached hydrogens (tertiary/aromatic N) is 1. The maximum absolute atomic E-state index is 6.15. The van der Waals surface area contributed by atoms with Crippen molar-refractivity contribution in [1.82, 2.24) is 4.98 Å². The Bertz CT molecular complexity index is 659. The number of benzene rings is 1. The third kappa shape index (κ3) is 2.24. The Hall–Kier alpha value is -2.07. The van der Waals surface area contributed by atoms with Gasteiger partial charge in [0.2, 0.25) is 0 Å². The minimum Gasteiger partial charge on any atom is -0.497 e. The molecule has 4 heteroatoms. The molecule has 3 heterocycles. The summed E-state index contributed by atoms with van der Waals surface area (Å²) in [6.45, 7) is 0.834. The first-order valence-electron chi connectivity index (χ1n) is 7.83. The molecule has 2 aliphatic heterocycles. The summed E-state index contributed by atoms with van der Waals surface area (Å²) >= 11 is 0. The monoisotopic (exact) mass is 296 g/mol. The molecule has 0 spiro atoms. The van der Waals surface area contributed by atoms with Gasteiger partial charge in [0.05, 0.1) is 19.3 Å². The van der Waals surface area contributed by atoms with Crippen molar-refractivity contribution in [3.63, 3.8) is 0 Å². The molecule has 2 aliphatic rings. The third-order valence-corrected chi connectivity index (χ3v) is 4.74. The Morgan fingerprint density at radius 1 is 1.23 bits per heavy atom. The van der Waals surface area contributed by atoms with Gasteiger partial charge in [0, 0.05) is 36.2 Å². The van der Waals surface area contributed by atoms with E-state index in [1.54, 1.807) is 7.11 Å². The molecule has 2 aromatic rings. The number of aromatic nitrogens is 1. The van der Waals surface area contributed by atoms with E-state index in [4.69, 9.17) is 9.47 Å². The molecule has 114 valence electrons. The summed E-state index contributed by atoms with van der Waals surface area (Å²) in [5.41, 5.74) is 3.64. The van der Waals surface area contributed by atoms with E-state index in [0.29, 0.717) is 5.92 Å². The van der Waals surface area contributed by atoms with E-state index in [0.717, 1.165) is 24.5 Å². The first-order valence-corrected chi connectivity index (χ1v) is 7.83. The van der Waals surface area contributed by atoms with Crippen molar-refractivity contribution in [1.29, 1.82) is 0 Å². The molecule has 1 aromatic heterocycles. The fourth-order valence-corrected chi connectivity index (χ4v) is 3.68. The molecule has 1 fully saturated rings. The van der Waals surface area contributed by atoms with Crippen LogP contribution in [0.4, 0.5) is 5.69 Å². The standard InChI is InChI=1S/C18H20N2O2/c1-21-13-4-5-16-15(11-13)18-14(3-2-10-22-18)17(20-16)12-6-8-19-9-7-12/h4-9,11,14,17-18,20H,2-3,10H2,1H3/t14-,17-,18+/m0/s1. The number of pyridine rings is 1. The van der Waals surface area contributed by atoms with Crippen molar-refractivity contribution < 1.29 is 9.47 Å². The molecule has 0 unspecified atom stereocenters. The van der Waals surface area contributed by atoms with Gasteiger partial charge in [0.15, 0.2) is 0 Å². The Labute approximate surface area is 130 Å². The van der Waals surface area contributed by atoms with E-state index in [1.165, 1.54) is 17.5 Å². The van der Waals surface area contributed by atoms with Crippen LogP contribution in [0.3, 0.4) is 0 Å². The van der Waals surface area contributed by atoms with Gasteiger partial charge in [-0.25, -0.2) is 0 Å². The van der Waals surface area contributed by atoms with E-state index >= 15 is 0 Å². The Morgan fingerprint density at radius 3 is 2.91 bits per heavy atom. The summed E-state index contributed by atoms with van der Waals surface area (Å²) in [7, 11) is 1.71. The number of hydrogen-bond acceptors (Lipinski definition) is 4. The van der Waals surface area contributed by atoms with Crippen molar-refractivity contribution in [3.8, 4) is 5.75 Å². The van der Waals surface area contributed by atoms with Crippen LogP contribution in [-0.2, 0) is 4.74 Å². The number of nitrogens with one attached hydrogen (secondary N) is 1. The van der Waals surface area contributed by atoms with E-state index < -0.39 is 0 Å². The van der Waals surface area contributed by atoms with Crippen LogP contribution in [0.1, 0.15) is 36.1 Å². The number of hydrogen-bond donors (Lipinski definition) is 1. The number of rotatable bonds is 2. The van der Waals surface area contributed by atoms with E-state index in [-0.39, 0.29) is 12.1 Å². The second kappa shape index (κ2) is 5.61. The summed E-state index contributed by atoms with van der Waals surface area (Å²) < 4.78 is 11.5. The summed E-state index contributed by atoms with van der Waals surface area (Å²) in [5.74, 6) is 1.33. The number of ether oxygens (including phenoxy) is 2. The summed E-state index contributed by atoms with van der Waals surface area (Å²) in [4.78, 5) is 4.14. The maximum Gasteiger partial charge on any atom is 0.119 e. The minimum absolute atomic E-state index is 0.137. The van der Waals surface area contributed by atoms with Crippen LogP contribution in [0, 0.1) is 5.92 Å². The van der Waals surface area contributed by atoms with E-state index in [2.05, 4.69) is 34.6 Å². The lowest BCUT2D eigenvalue weighted by Gasteiger charge is -2.43. The average Bonchev–Trinajstić information content (AvgIpc) is 2.61. The molecule has 0 bridgehead atoms. The lowest BCUT2D eigenvalue weighted by molar-refractivity contribution is -0.0382. The van der Waals surface area contributed by atoms with E-state index in [1.807, 2.05) is 18.5 Å². The molecule has 4 nitrogen and oxygen atoms in total. The predicted octanol–water partition coefficient (Wildman–Crippen LogP) is 3.72. The highest BCUT2D eigenvalue weighted by molar-refractivity contribution is 5.59. The van der Waals surface area contributed by atoms with Gasteiger partial charge in [-0.05, 0) is 48.7 Å². The molecular formula is C18H20N2O2. The molecule has 4 rings (SSSR count). The Morgan fingerprint density at radius 2 is 2.09 bits per heavy atom. The quantitative estimate of drug-likeness (QED) is 0.917. The summed E-state index contributed by atoms with van der Waals surface area (Å²) in [6.07, 6.45) is 6.14. The molecule has 0 radical (unpaired) electrons. The largest absolute Gasteiger partial charge is 0.497 e. The Balaban J connectivity index is 1.77. The van der Waals surface area contributed by atoms with Crippen LogP contribution in [0.15, 0.2) is 42.7 Å². The van der Waals surface area contributed by atoms with Crippen LogP contribution in [0.25, 0.3) is 0 Å². The van der Waals surface area contributed by atoms with Crippen molar-refractivity contribution in [2.75, 3.05) is 19.0 Å². The Kier molecular flexibility index (Phi) is 3.47. The average molecular weight is 296 g/mol. The van der Waals surface area contributed by atoms with Gasteiger partial charge in [-0.2, -0.15) is 0 Å². The number of fused-ring (bicyclic) bond motifs is 3. The molecule has 0 aliphatic carbocycles. The minimum atomic E-state index is 0.137. The van der Waals surface area contributed by atoms with Gasteiger partial charge in [-0.15, -0.1) is 0 Å². The maximum atomic E-state index is 6.15. The number of anilines is 1.